The molecule has 0 heterocycles. The minimum atomic E-state index is -3.80. The normalized spacial score (nSPS) is 12.3. The van der Waals surface area contributed by atoms with Crippen LogP contribution < -0.4 is 14.4 Å². The molecule has 2 aromatic rings. The van der Waals surface area contributed by atoms with Crippen molar-refractivity contribution in [3.8, 4) is 5.75 Å². The second-order valence-electron chi connectivity index (χ2n) is 6.09. The van der Waals surface area contributed by atoms with Crippen molar-refractivity contribution in [3.63, 3.8) is 0 Å². The lowest BCUT2D eigenvalue weighted by molar-refractivity contribution is -0.122. The number of carbonyl (C=O) groups excluding carboxylic acids is 1. The molecule has 28 heavy (non-hydrogen) atoms. The number of rotatable bonds is 8. The number of anilines is 1. The van der Waals surface area contributed by atoms with E-state index in [1.54, 1.807) is 6.07 Å². The SMILES string of the molecule is CCOc1ccccc1CNC(=O)C(C)N(c1cc(Cl)ccc1Cl)S(C)(=O)=O. The molecule has 0 aliphatic carbocycles. The minimum Gasteiger partial charge on any atom is -0.494 e. The van der Waals surface area contributed by atoms with E-state index < -0.39 is 22.0 Å². The van der Waals surface area contributed by atoms with Gasteiger partial charge in [0.1, 0.15) is 11.8 Å². The van der Waals surface area contributed by atoms with Gasteiger partial charge in [0, 0.05) is 17.1 Å². The summed E-state index contributed by atoms with van der Waals surface area (Å²) in [4.78, 5) is 12.7. The molecule has 0 aromatic heterocycles. The zero-order valence-electron chi connectivity index (χ0n) is 15.8. The quantitative estimate of drug-likeness (QED) is 0.670. The number of hydrogen-bond donors (Lipinski definition) is 1. The minimum absolute atomic E-state index is 0.147. The van der Waals surface area contributed by atoms with Gasteiger partial charge in [0.2, 0.25) is 15.9 Å². The van der Waals surface area contributed by atoms with E-state index in [9.17, 15) is 13.2 Å². The van der Waals surface area contributed by atoms with E-state index in [4.69, 9.17) is 27.9 Å². The summed E-state index contributed by atoms with van der Waals surface area (Å²) in [6, 6.07) is 10.7. The van der Waals surface area contributed by atoms with E-state index in [1.807, 2.05) is 31.2 Å². The molecule has 0 saturated carbocycles. The summed E-state index contributed by atoms with van der Waals surface area (Å²) >= 11 is 12.2. The summed E-state index contributed by atoms with van der Waals surface area (Å²) in [5, 5.41) is 3.24. The molecule has 0 fully saturated rings. The molecular formula is C19H22Cl2N2O4S. The number of benzene rings is 2. The molecule has 152 valence electrons. The maximum atomic E-state index is 12.7. The highest BCUT2D eigenvalue weighted by Gasteiger charge is 2.30. The number of nitrogens with zero attached hydrogens (tertiary/aromatic N) is 1. The molecule has 2 rings (SSSR count). The molecule has 2 aromatic carbocycles. The third kappa shape index (κ3) is 5.53. The van der Waals surface area contributed by atoms with Crippen LogP contribution in [0.25, 0.3) is 0 Å². The van der Waals surface area contributed by atoms with Gasteiger partial charge in [-0.1, -0.05) is 41.4 Å². The van der Waals surface area contributed by atoms with Crippen molar-refractivity contribution in [1.29, 1.82) is 0 Å². The van der Waals surface area contributed by atoms with Crippen LogP contribution in [0, 0.1) is 0 Å². The Morgan fingerprint density at radius 1 is 1.21 bits per heavy atom. The Labute approximate surface area is 175 Å². The van der Waals surface area contributed by atoms with Gasteiger partial charge >= 0.3 is 0 Å². The summed E-state index contributed by atoms with van der Waals surface area (Å²) < 4.78 is 31.3. The maximum Gasteiger partial charge on any atom is 0.243 e. The molecule has 1 N–H and O–H groups in total. The third-order valence-electron chi connectivity index (χ3n) is 3.96. The van der Waals surface area contributed by atoms with E-state index in [2.05, 4.69) is 5.32 Å². The van der Waals surface area contributed by atoms with Gasteiger partial charge in [0.15, 0.2) is 0 Å². The number of para-hydroxylation sites is 1. The molecule has 0 aliphatic rings. The summed E-state index contributed by atoms with van der Waals surface area (Å²) in [6.07, 6.45) is 1.01. The Hall–Kier alpha value is -1.96. The van der Waals surface area contributed by atoms with E-state index in [0.29, 0.717) is 17.4 Å². The van der Waals surface area contributed by atoms with Crippen LogP contribution in [0.4, 0.5) is 5.69 Å². The topological polar surface area (TPSA) is 75.7 Å². The Morgan fingerprint density at radius 3 is 2.54 bits per heavy atom. The van der Waals surface area contributed by atoms with Crippen LogP contribution in [0.2, 0.25) is 10.0 Å². The molecule has 1 unspecified atom stereocenters. The Balaban J connectivity index is 2.24. The number of halogens is 2. The van der Waals surface area contributed by atoms with Gasteiger partial charge in [-0.3, -0.25) is 9.10 Å². The Morgan fingerprint density at radius 2 is 1.89 bits per heavy atom. The standard InChI is InChI=1S/C19H22Cl2N2O4S/c1-4-27-18-8-6-5-7-14(18)12-22-19(24)13(2)23(28(3,25)26)17-11-15(20)9-10-16(17)21/h5-11,13H,4,12H2,1-3H3,(H,22,24). The van der Waals surface area contributed by atoms with Crippen LogP contribution in [0.3, 0.4) is 0 Å². The van der Waals surface area contributed by atoms with Crippen LogP contribution in [0.15, 0.2) is 42.5 Å². The van der Waals surface area contributed by atoms with Crippen molar-refractivity contribution in [2.45, 2.75) is 26.4 Å². The third-order valence-corrected chi connectivity index (χ3v) is 5.74. The fraction of sp³-hybridized carbons (Fsp3) is 0.316. The highest BCUT2D eigenvalue weighted by Crippen LogP contribution is 2.32. The van der Waals surface area contributed by atoms with Gasteiger partial charge in [-0.2, -0.15) is 0 Å². The highest BCUT2D eigenvalue weighted by atomic mass is 35.5. The van der Waals surface area contributed by atoms with Gasteiger partial charge in [0.25, 0.3) is 0 Å². The zero-order chi connectivity index (χ0) is 20.9. The molecule has 6 nitrogen and oxygen atoms in total. The fourth-order valence-corrected chi connectivity index (χ4v) is 4.32. The number of amides is 1. The van der Waals surface area contributed by atoms with Gasteiger partial charge < -0.3 is 10.1 Å². The number of carbonyl (C=O) groups is 1. The monoisotopic (exact) mass is 444 g/mol. The molecule has 0 saturated heterocycles. The molecule has 1 amide bonds. The predicted octanol–water partition coefficient (Wildman–Crippen LogP) is 3.86. The average Bonchev–Trinajstić information content (AvgIpc) is 2.63. The molecule has 1 atom stereocenters. The molecule has 9 heteroatoms. The lowest BCUT2D eigenvalue weighted by Crippen LogP contribution is -2.47. The number of nitrogens with one attached hydrogen (secondary N) is 1. The van der Waals surface area contributed by atoms with Crippen LogP contribution in [0.1, 0.15) is 19.4 Å². The van der Waals surface area contributed by atoms with Crippen LogP contribution in [0.5, 0.6) is 5.75 Å². The maximum absolute atomic E-state index is 12.7. The summed E-state index contributed by atoms with van der Waals surface area (Å²) in [5.41, 5.74) is 0.936. The predicted molar refractivity (Wildman–Crippen MR) is 113 cm³/mol. The van der Waals surface area contributed by atoms with E-state index in [1.165, 1.54) is 19.1 Å². The van der Waals surface area contributed by atoms with E-state index >= 15 is 0 Å². The number of ether oxygens (including phenoxy) is 1. The van der Waals surface area contributed by atoms with Gasteiger partial charge in [-0.15, -0.1) is 0 Å². The average molecular weight is 445 g/mol. The highest BCUT2D eigenvalue weighted by molar-refractivity contribution is 7.92. The smallest absolute Gasteiger partial charge is 0.243 e. The van der Waals surface area contributed by atoms with Crippen molar-refractivity contribution in [2.24, 2.45) is 0 Å². The van der Waals surface area contributed by atoms with Crippen molar-refractivity contribution in [1.82, 2.24) is 5.32 Å². The van der Waals surface area contributed by atoms with Crippen molar-refractivity contribution in [3.05, 3.63) is 58.1 Å². The molecular weight excluding hydrogens is 423 g/mol. The molecule has 0 spiro atoms. The molecule has 0 radical (unpaired) electrons. The molecule has 0 aliphatic heterocycles. The fourth-order valence-electron chi connectivity index (χ4n) is 2.71. The largest absolute Gasteiger partial charge is 0.494 e. The van der Waals surface area contributed by atoms with Crippen molar-refractivity contribution < 1.29 is 17.9 Å². The van der Waals surface area contributed by atoms with Gasteiger partial charge in [0.05, 0.1) is 23.6 Å². The van der Waals surface area contributed by atoms with Crippen molar-refractivity contribution in [2.75, 3.05) is 17.2 Å². The lowest BCUT2D eigenvalue weighted by Gasteiger charge is -2.29. The zero-order valence-corrected chi connectivity index (χ0v) is 18.1. The van der Waals surface area contributed by atoms with Crippen LogP contribution in [-0.2, 0) is 21.4 Å². The summed E-state index contributed by atoms with van der Waals surface area (Å²) in [7, 11) is -3.80. The first-order chi connectivity index (χ1) is 13.1. The van der Waals surface area contributed by atoms with E-state index in [-0.39, 0.29) is 17.3 Å². The molecule has 0 bridgehead atoms. The number of sulfonamides is 1. The van der Waals surface area contributed by atoms with Gasteiger partial charge in [-0.25, -0.2) is 8.42 Å². The first-order valence-electron chi connectivity index (χ1n) is 8.58. The van der Waals surface area contributed by atoms with Gasteiger partial charge in [-0.05, 0) is 38.1 Å². The van der Waals surface area contributed by atoms with Crippen LogP contribution >= 0.6 is 23.2 Å². The Kier molecular flexibility index (Phi) is 7.57. The van der Waals surface area contributed by atoms with Crippen molar-refractivity contribution >= 4 is 44.8 Å². The number of hydrogen-bond acceptors (Lipinski definition) is 4. The first kappa shape index (κ1) is 22.3. The second-order valence-corrected chi connectivity index (χ2v) is 8.79. The van der Waals surface area contributed by atoms with Crippen LogP contribution in [-0.4, -0.2) is 33.2 Å². The summed E-state index contributed by atoms with van der Waals surface area (Å²) in [5.74, 6) is 0.184. The first-order valence-corrected chi connectivity index (χ1v) is 11.2. The van der Waals surface area contributed by atoms with E-state index in [0.717, 1.165) is 16.1 Å². The lowest BCUT2D eigenvalue weighted by atomic mass is 10.2. The Bertz CT molecular complexity index is 951. The summed E-state index contributed by atoms with van der Waals surface area (Å²) in [6.45, 7) is 4.05. The second kappa shape index (κ2) is 9.49.